The zero-order valence-corrected chi connectivity index (χ0v) is 25.0. The molecule has 0 fully saturated rings. The summed E-state index contributed by atoms with van der Waals surface area (Å²) in [6, 6.07) is 31.7. The van der Waals surface area contributed by atoms with Gasteiger partial charge in [-0.3, -0.25) is 0 Å². The number of nitrogens with one attached hydrogen (secondary N) is 1. The zero-order chi connectivity index (χ0) is 30.9. The number of phenols is 2. The summed E-state index contributed by atoms with van der Waals surface area (Å²) in [6.45, 7) is 3.71. The van der Waals surface area contributed by atoms with Gasteiger partial charge in [0.05, 0.1) is 5.56 Å². The molecule has 0 amide bonds. The highest BCUT2D eigenvalue weighted by atomic mass is 16.5. The highest BCUT2D eigenvalue weighted by Crippen LogP contribution is 2.36. The number of allylic oxidation sites excluding steroid dienone is 1. The third kappa shape index (κ3) is 11.1. The summed E-state index contributed by atoms with van der Waals surface area (Å²) in [5.41, 5.74) is 5.79. The number of nitrogens with zero attached hydrogens (tertiary/aromatic N) is 1. The maximum Gasteiger partial charge on any atom is 0.335 e. The van der Waals surface area contributed by atoms with Gasteiger partial charge in [0, 0.05) is 6.54 Å². The summed E-state index contributed by atoms with van der Waals surface area (Å²) in [4.78, 5) is 12.3. The van der Waals surface area contributed by atoms with Crippen LogP contribution in [0.5, 0.6) is 17.2 Å². The van der Waals surface area contributed by atoms with Crippen LogP contribution in [0.15, 0.2) is 103 Å². The van der Waals surface area contributed by atoms with Crippen LogP contribution in [0.1, 0.15) is 40.4 Å². The molecule has 0 saturated heterocycles. The number of hydrogen-bond donors (Lipinski definition) is 4. The average molecular weight is 571 g/mol. The number of ether oxygens (including phenoxy) is 1. The van der Waals surface area contributed by atoms with Crippen molar-refractivity contribution in [2.75, 3.05) is 41.3 Å². The smallest absolute Gasteiger partial charge is 0.335 e. The summed E-state index contributed by atoms with van der Waals surface area (Å²) in [7, 11) is 7.82. The first-order valence-corrected chi connectivity index (χ1v) is 13.8. The molecule has 0 unspecified atom stereocenters. The van der Waals surface area contributed by atoms with Crippen molar-refractivity contribution in [3.05, 3.63) is 125 Å². The number of carboxylic acids is 1. The van der Waals surface area contributed by atoms with Gasteiger partial charge in [0.1, 0.15) is 23.9 Å². The molecule has 0 saturated carbocycles. The number of carboxylic acid groups (broad SMARTS) is 1. The first kappa shape index (κ1) is 33.6. The van der Waals surface area contributed by atoms with Crippen molar-refractivity contribution in [3.63, 3.8) is 0 Å². The number of rotatable bonds is 9. The molecule has 0 spiro atoms. The minimum absolute atomic E-state index is 0.0279. The Morgan fingerprint density at radius 1 is 0.738 bits per heavy atom. The number of likely N-dealkylation sites (N-methyl/N-ethyl adjacent to an activating group) is 1. The quantitative estimate of drug-likeness (QED) is 0.168. The third-order valence-electron chi connectivity index (χ3n) is 5.96. The lowest BCUT2D eigenvalue weighted by atomic mass is 9.88. The highest BCUT2D eigenvalue weighted by molar-refractivity contribution is 5.98. The second kappa shape index (κ2) is 18.0. The van der Waals surface area contributed by atoms with Crippen LogP contribution in [0.2, 0.25) is 0 Å². The topological polar surface area (TPSA) is 102 Å². The molecule has 7 heteroatoms. The molecular weight excluding hydrogens is 528 g/mol. The van der Waals surface area contributed by atoms with Crippen molar-refractivity contribution in [1.82, 2.24) is 10.2 Å². The Morgan fingerprint density at radius 2 is 1.26 bits per heavy atom. The third-order valence-corrected chi connectivity index (χ3v) is 5.96. The number of benzene rings is 4. The van der Waals surface area contributed by atoms with E-state index in [0.29, 0.717) is 6.61 Å². The van der Waals surface area contributed by atoms with Gasteiger partial charge in [0.15, 0.2) is 0 Å². The molecule has 4 aromatic rings. The maximum absolute atomic E-state index is 10.2. The molecule has 4 rings (SSSR count). The Kier molecular flexibility index (Phi) is 14.4. The molecule has 0 aliphatic heterocycles. The summed E-state index contributed by atoms with van der Waals surface area (Å²) >= 11 is 0. The van der Waals surface area contributed by atoms with E-state index in [1.807, 2.05) is 58.5 Å². The molecule has 0 atom stereocenters. The van der Waals surface area contributed by atoms with E-state index in [4.69, 9.17) is 14.9 Å². The summed E-state index contributed by atoms with van der Waals surface area (Å²) in [6.07, 6.45) is 0.885. The monoisotopic (exact) mass is 570 g/mol. The minimum atomic E-state index is -1.03. The average Bonchev–Trinajstić information content (AvgIpc) is 2.97. The lowest BCUT2D eigenvalue weighted by Crippen LogP contribution is -2.19. The molecule has 0 aromatic heterocycles. The van der Waals surface area contributed by atoms with Crippen molar-refractivity contribution in [2.24, 2.45) is 0 Å². The largest absolute Gasteiger partial charge is 0.508 e. The summed E-state index contributed by atoms with van der Waals surface area (Å²) < 4.78 is 5.85. The van der Waals surface area contributed by atoms with Gasteiger partial charge >= 0.3 is 5.97 Å². The van der Waals surface area contributed by atoms with Gasteiger partial charge in [-0.05, 0) is 105 Å². The number of phenolic OH excluding ortho intramolecular Hbond substituents is 2. The summed E-state index contributed by atoms with van der Waals surface area (Å²) in [5, 5.41) is 30.0. The first-order valence-electron chi connectivity index (χ1n) is 13.8. The fraction of sp³-hybridized carbons (Fsp3) is 0.229. The molecule has 7 nitrogen and oxygen atoms in total. The Hall–Kier alpha value is -4.59. The number of aromatic carboxylic acids is 1. The van der Waals surface area contributed by atoms with Gasteiger partial charge in [0.25, 0.3) is 0 Å². The molecule has 4 aromatic carbocycles. The Bertz CT molecular complexity index is 1400. The van der Waals surface area contributed by atoms with E-state index in [1.54, 1.807) is 6.07 Å². The van der Waals surface area contributed by atoms with Crippen LogP contribution >= 0.6 is 0 Å². The molecule has 0 heterocycles. The molecule has 42 heavy (non-hydrogen) atoms. The van der Waals surface area contributed by atoms with Crippen molar-refractivity contribution >= 4 is 17.1 Å². The van der Waals surface area contributed by atoms with E-state index in [1.165, 1.54) is 35.4 Å². The van der Waals surface area contributed by atoms with Crippen molar-refractivity contribution < 1.29 is 24.9 Å². The number of aromatic hydroxyl groups is 2. The molecule has 0 radical (unpaired) electrons. The van der Waals surface area contributed by atoms with Crippen LogP contribution in [0.4, 0.5) is 0 Å². The number of carbonyl (C=O) groups is 1. The fourth-order valence-electron chi connectivity index (χ4n) is 4.04. The SMILES string of the molecule is CC/C(=C(/c1ccc(OCCN(C)C)cc1)c1cccc(O)c1)c1ccccc1.CNC.O=C(O)c1cccc(O)c1. The number of hydrogen-bond acceptors (Lipinski definition) is 6. The fourth-order valence-corrected chi connectivity index (χ4v) is 4.04. The van der Waals surface area contributed by atoms with Gasteiger partial charge in [-0.15, -0.1) is 0 Å². The second-order valence-corrected chi connectivity index (χ2v) is 9.66. The Balaban J connectivity index is 0.000000394. The molecular formula is C35H42N2O5. The minimum Gasteiger partial charge on any atom is -0.508 e. The normalized spacial score (nSPS) is 10.9. The van der Waals surface area contributed by atoms with Crippen LogP contribution < -0.4 is 10.1 Å². The van der Waals surface area contributed by atoms with Crippen LogP contribution in [-0.2, 0) is 0 Å². The summed E-state index contributed by atoms with van der Waals surface area (Å²) in [5.74, 6) is 0.0755. The van der Waals surface area contributed by atoms with E-state index in [-0.39, 0.29) is 17.1 Å². The molecule has 0 bridgehead atoms. The van der Waals surface area contributed by atoms with Gasteiger partial charge in [-0.1, -0.05) is 67.6 Å². The van der Waals surface area contributed by atoms with Crippen LogP contribution in [0.25, 0.3) is 11.1 Å². The Morgan fingerprint density at radius 3 is 1.74 bits per heavy atom. The highest BCUT2D eigenvalue weighted by Gasteiger charge is 2.14. The zero-order valence-electron chi connectivity index (χ0n) is 25.0. The molecule has 0 aliphatic carbocycles. The van der Waals surface area contributed by atoms with E-state index >= 15 is 0 Å². The van der Waals surface area contributed by atoms with Gasteiger partial charge in [-0.2, -0.15) is 0 Å². The van der Waals surface area contributed by atoms with Crippen LogP contribution in [0, 0.1) is 0 Å². The first-order chi connectivity index (χ1) is 20.2. The molecule has 222 valence electrons. The maximum atomic E-state index is 10.2. The Labute approximate surface area is 249 Å². The lowest BCUT2D eigenvalue weighted by Gasteiger charge is -2.17. The lowest BCUT2D eigenvalue weighted by molar-refractivity contribution is 0.0696. The molecule has 4 N–H and O–H groups in total. The van der Waals surface area contributed by atoms with E-state index in [0.717, 1.165) is 35.4 Å². The van der Waals surface area contributed by atoms with Crippen molar-refractivity contribution in [2.45, 2.75) is 13.3 Å². The predicted octanol–water partition coefficient (Wildman–Crippen LogP) is 6.63. The van der Waals surface area contributed by atoms with E-state index in [9.17, 15) is 9.90 Å². The predicted molar refractivity (Wildman–Crippen MR) is 171 cm³/mol. The van der Waals surface area contributed by atoms with Crippen LogP contribution in [-0.4, -0.2) is 67.5 Å². The standard InChI is InChI=1S/C26H29NO2.C7H6O3.C2H7N/c1-4-25(20-9-6-5-7-10-20)26(22-11-8-12-23(28)19-22)21-13-15-24(16-14-21)29-18-17-27(2)3;8-6-3-1-2-5(4-6)7(9)10;1-3-2/h5-16,19,28H,4,17-18H2,1-3H3;1-4,8H,(H,9,10);3H,1-2H3/b26-25+;;. The molecule has 0 aliphatic rings. The van der Waals surface area contributed by atoms with Gasteiger partial charge in [-0.25, -0.2) is 4.79 Å². The van der Waals surface area contributed by atoms with Crippen molar-refractivity contribution in [3.8, 4) is 17.2 Å². The van der Waals surface area contributed by atoms with Crippen molar-refractivity contribution in [1.29, 1.82) is 0 Å². The van der Waals surface area contributed by atoms with Crippen LogP contribution in [0.3, 0.4) is 0 Å². The van der Waals surface area contributed by atoms with Gasteiger partial charge < -0.3 is 30.3 Å². The second-order valence-electron chi connectivity index (χ2n) is 9.66. The van der Waals surface area contributed by atoms with E-state index in [2.05, 4.69) is 59.6 Å². The van der Waals surface area contributed by atoms with E-state index < -0.39 is 5.97 Å². The van der Waals surface area contributed by atoms with Gasteiger partial charge in [0.2, 0.25) is 0 Å².